The SMILES string of the molecule is Cc1cc(F)c(NC(=O)C2(c3ccc4c(c3)OCO4)CC2)cc1-c1ccc(C(=O)O)cc1. The molecule has 1 aliphatic carbocycles. The van der Waals surface area contributed by atoms with Crippen molar-refractivity contribution < 1.29 is 28.6 Å². The first-order chi connectivity index (χ1) is 15.4. The van der Waals surface area contributed by atoms with Crippen molar-refractivity contribution in [2.45, 2.75) is 25.2 Å². The van der Waals surface area contributed by atoms with Crippen LogP contribution in [0.1, 0.15) is 34.3 Å². The molecule has 1 fully saturated rings. The Kier molecular flexibility index (Phi) is 4.62. The molecule has 0 aromatic heterocycles. The number of benzene rings is 3. The fourth-order valence-corrected chi connectivity index (χ4v) is 4.08. The summed E-state index contributed by atoms with van der Waals surface area (Å²) < 4.78 is 25.5. The lowest BCUT2D eigenvalue weighted by molar-refractivity contribution is -0.118. The van der Waals surface area contributed by atoms with E-state index in [0.717, 1.165) is 11.1 Å². The molecule has 1 saturated carbocycles. The number of fused-ring (bicyclic) bond motifs is 1. The van der Waals surface area contributed by atoms with Crippen molar-refractivity contribution in [3.05, 3.63) is 77.1 Å². The first kappa shape index (κ1) is 20.1. The lowest BCUT2D eigenvalue weighted by Gasteiger charge is -2.18. The van der Waals surface area contributed by atoms with Crippen molar-refractivity contribution >= 4 is 17.6 Å². The van der Waals surface area contributed by atoms with Gasteiger partial charge in [-0.15, -0.1) is 0 Å². The maximum atomic E-state index is 14.7. The van der Waals surface area contributed by atoms with Crippen LogP contribution in [0.5, 0.6) is 11.5 Å². The van der Waals surface area contributed by atoms with Crippen LogP contribution < -0.4 is 14.8 Å². The van der Waals surface area contributed by atoms with Gasteiger partial charge in [-0.2, -0.15) is 0 Å². The van der Waals surface area contributed by atoms with E-state index in [1.54, 1.807) is 31.2 Å². The van der Waals surface area contributed by atoms with Gasteiger partial charge in [-0.3, -0.25) is 4.79 Å². The number of halogens is 1. The van der Waals surface area contributed by atoms with Crippen LogP contribution in [0.25, 0.3) is 11.1 Å². The minimum atomic E-state index is -1.02. The molecule has 0 radical (unpaired) electrons. The highest BCUT2D eigenvalue weighted by molar-refractivity contribution is 6.02. The van der Waals surface area contributed by atoms with E-state index in [-0.39, 0.29) is 24.0 Å². The summed E-state index contributed by atoms with van der Waals surface area (Å²) in [6.07, 6.45) is 1.32. The normalized spacial score (nSPS) is 15.3. The van der Waals surface area contributed by atoms with Crippen LogP contribution in [0.4, 0.5) is 10.1 Å². The molecule has 2 N–H and O–H groups in total. The summed E-state index contributed by atoms with van der Waals surface area (Å²) in [7, 11) is 0. The van der Waals surface area contributed by atoms with E-state index < -0.39 is 17.2 Å². The van der Waals surface area contributed by atoms with Crippen LogP contribution in [0, 0.1) is 12.7 Å². The van der Waals surface area contributed by atoms with E-state index in [1.807, 2.05) is 12.1 Å². The number of hydrogen-bond donors (Lipinski definition) is 2. The monoisotopic (exact) mass is 433 g/mol. The van der Waals surface area contributed by atoms with E-state index in [1.165, 1.54) is 18.2 Å². The Hall–Kier alpha value is -3.87. The van der Waals surface area contributed by atoms with Crippen LogP contribution in [0.3, 0.4) is 0 Å². The lowest BCUT2D eigenvalue weighted by Crippen LogP contribution is -2.28. The van der Waals surface area contributed by atoms with Gasteiger partial charge in [0.25, 0.3) is 0 Å². The van der Waals surface area contributed by atoms with E-state index >= 15 is 0 Å². The first-order valence-corrected chi connectivity index (χ1v) is 10.2. The maximum absolute atomic E-state index is 14.7. The molecule has 1 amide bonds. The molecule has 5 rings (SSSR count). The Labute approximate surface area is 183 Å². The fourth-order valence-electron chi connectivity index (χ4n) is 4.08. The van der Waals surface area contributed by atoms with Gasteiger partial charge in [-0.05, 0) is 78.4 Å². The Morgan fingerprint density at radius 2 is 1.72 bits per heavy atom. The lowest BCUT2D eigenvalue weighted by atomic mass is 9.94. The topological polar surface area (TPSA) is 84.9 Å². The Balaban J connectivity index is 1.43. The zero-order chi connectivity index (χ0) is 22.5. The zero-order valence-electron chi connectivity index (χ0n) is 17.3. The summed E-state index contributed by atoms with van der Waals surface area (Å²) in [5.41, 5.74) is 2.48. The number of ether oxygens (including phenoxy) is 2. The average Bonchev–Trinajstić information content (AvgIpc) is 3.46. The van der Waals surface area contributed by atoms with Gasteiger partial charge in [0, 0.05) is 0 Å². The molecule has 3 aromatic carbocycles. The van der Waals surface area contributed by atoms with E-state index in [2.05, 4.69) is 5.32 Å². The number of aromatic carboxylic acids is 1. The zero-order valence-corrected chi connectivity index (χ0v) is 17.3. The molecule has 162 valence electrons. The number of hydrogen-bond acceptors (Lipinski definition) is 4. The third-order valence-corrected chi connectivity index (χ3v) is 6.11. The number of rotatable bonds is 5. The molecule has 1 aliphatic heterocycles. The molecule has 2 aliphatic rings. The number of carbonyl (C=O) groups excluding carboxylic acids is 1. The number of aryl methyl sites for hydroxylation is 1. The van der Waals surface area contributed by atoms with Crippen molar-refractivity contribution in [3.8, 4) is 22.6 Å². The van der Waals surface area contributed by atoms with Crippen LogP contribution in [0.2, 0.25) is 0 Å². The summed E-state index contributed by atoms with van der Waals surface area (Å²) in [6, 6.07) is 14.8. The van der Waals surface area contributed by atoms with E-state index in [0.29, 0.717) is 35.5 Å². The Bertz CT molecular complexity index is 1250. The van der Waals surface area contributed by atoms with Gasteiger partial charge in [-0.25, -0.2) is 9.18 Å². The summed E-state index contributed by atoms with van der Waals surface area (Å²) >= 11 is 0. The number of anilines is 1. The molecule has 0 saturated heterocycles. The number of amides is 1. The van der Waals surface area contributed by atoms with Gasteiger partial charge >= 0.3 is 5.97 Å². The Morgan fingerprint density at radius 1 is 1.00 bits per heavy atom. The Morgan fingerprint density at radius 3 is 2.41 bits per heavy atom. The highest BCUT2D eigenvalue weighted by Gasteiger charge is 2.51. The third-order valence-electron chi connectivity index (χ3n) is 6.11. The second-order valence-corrected chi connectivity index (χ2v) is 8.13. The maximum Gasteiger partial charge on any atom is 0.335 e. The van der Waals surface area contributed by atoms with Gasteiger partial charge in [0.05, 0.1) is 16.7 Å². The van der Waals surface area contributed by atoms with Crippen LogP contribution in [-0.2, 0) is 10.2 Å². The summed E-state index contributed by atoms with van der Waals surface area (Å²) in [4.78, 5) is 24.3. The quantitative estimate of drug-likeness (QED) is 0.598. The van der Waals surface area contributed by atoms with Gasteiger partial charge in [0.1, 0.15) is 5.82 Å². The second kappa shape index (κ2) is 7.37. The van der Waals surface area contributed by atoms with E-state index in [9.17, 15) is 14.0 Å². The third kappa shape index (κ3) is 3.36. The van der Waals surface area contributed by atoms with Crippen molar-refractivity contribution in [1.29, 1.82) is 0 Å². The van der Waals surface area contributed by atoms with Crippen LogP contribution in [-0.4, -0.2) is 23.8 Å². The largest absolute Gasteiger partial charge is 0.478 e. The highest BCUT2D eigenvalue weighted by Crippen LogP contribution is 2.51. The average molecular weight is 433 g/mol. The minimum absolute atomic E-state index is 0.0879. The molecule has 3 aromatic rings. The van der Waals surface area contributed by atoms with Crippen molar-refractivity contribution in [1.82, 2.24) is 0 Å². The molecular formula is C25H20FNO5. The molecule has 0 unspecified atom stereocenters. The predicted molar refractivity (Wildman–Crippen MR) is 116 cm³/mol. The van der Waals surface area contributed by atoms with Crippen molar-refractivity contribution in [3.63, 3.8) is 0 Å². The van der Waals surface area contributed by atoms with Gasteiger partial charge in [0.2, 0.25) is 12.7 Å². The first-order valence-electron chi connectivity index (χ1n) is 10.2. The summed E-state index contributed by atoms with van der Waals surface area (Å²) in [5.74, 6) is -0.559. The molecule has 6 nitrogen and oxygen atoms in total. The predicted octanol–water partition coefficient (Wildman–Crippen LogP) is 4.90. The number of carboxylic acids is 1. The fraction of sp³-hybridized carbons (Fsp3) is 0.200. The highest BCUT2D eigenvalue weighted by atomic mass is 19.1. The summed E-state index contributed by atoms with van der Waals surface area (Å²) in [6.45, 7) is 1.92. The van der Waals surface area contributed by atoms with Crippen LogP contribution >= 0.6 is 0 Å². The van der Waals surface area contributed by atoms with Gasteiger partial charge in [0.15, 0.2) is 11.5 Å². The smallest absolute Gasteiger partial charge is 0.335 e. The second-order valence-electron chi connectivity index (χ2n) is 8.13. The number of carbonyl (C=O) groups is 2. The number of nitrogens with one attached hydrogen (secondary N) is 1. The molecule has 0 bridgehead atoms. The van der Waals surface area contributed by atoms with Crippen molar-refractivity contribution in [2.24, 2.45) is 0 Å². The van der Waals surface area contributed by atoms with Gasteiger partial charge < -0.3 is 19.9 Å². The number of carboxylic acid groups (broad SMARTS) is 1. The molecule has 32 heavy (non-hydrogen) atoms. The molecular weight excluding hydrogens is 413 g/mol. The molecule has 1 heterocycles. The van der Waals surface area contributed by atoms with Gasteiger partial charge in [-0.1, -0.05) is 18.2 Å². The van der Waals surface area contributed by atoms with Crippen molar-refractivity contribution in [2.75, 3.05) is 12.1 Å². The minimum Gasteiger partial charge on any atom is -0.478 e. The van der Waals surface area contributed by atoms with E-state index in [4.69, 9.17) is 14.6 Å². The van der Waals surface area contributed by atoms with Crippen LogP contribution in [0.15, 0.2) is 54.6 Å². The summed E-state index contributed by atoms with van der Waals surface area (Å²) in [5, 5.41) is 11.9. The molecule has 7 heteroatoms. The molecule has 0 spiro atoms. The standard InChI is InChI=1S/C25H20FNO5/c1-14-10-19(26)20(12-18(14)15-2-4-16(5-3-15)23(28)29)27-24(30)25(8-9-25)17-6-7-21-22(11-17)32-13-31-21/h2-7,10-12H,8-9,13H2,1H3,(H,27,30)(H,28,29). The molecule has 0 atom stereocenters.